The van der Waals surface area contributed by atoms with Gasteiger partial charge in [-0.05, 0) is 63.2 Å². The lowest BCUT2D eigenvalue weighted by molar-refractivity contribution is -0.116. The molecule has 0 aromatic heterocycles. The van der Waals surface area contributed by atoms with Crippen LogP contribution in [0.1, 0.15) is 27.2 Å². The van der Waals surface area contributed by atoms with E-state index in [9.17, 15) is 9.59 Å². The van der Waals surface area contributed by atoms with Gasteiger partial charge in [-0.2, -0.15) is 0 Å². The van der Waals surface area contributed by atoms with Gasteiger partial charge in [0.2, 0.25) is 5.91 Å². The number of methoxy groups -OCH3 is 1. The summed E-state index contributed by atoms with van der Waals surface area (Å²) in [7, 11) is 1.49. The summed E-state index contributed by atoms with van der Waals surface area (Å²) in [6.45, 7) is 5.53. The van der Waals surface area contributed by atoms with Crippen LogP contribution in [0.3, 0.4) is 0 Å². The predicted octanol–water partition coefficient (Wildman–Crippen LogP) is 5.10. The Balaban J connectivity index is 1.93. The first-order valence-electron chi connectivity index (χ1n) is 9.02. The summed E-state index contributed by atoms with van der Waals surface area (Å²) in [5.41, 5.74) is 0.262. The van der Waals surface area contributed by atoms with E-state index in [4.69, 9.17) is 25.8 Å². The highest BCUT2D eigenvalue weighted by atomic mass is 35.5. The number of benzene rings is 2. The molecule has 0 radical (unpaired) electrons. The van der Waals surface area contributed by atoms with E-state index >= 15 is 0 Å². The standard InChI is InChI=1S/C21H25ClN2O5/c1-21(2,3)29-20(26)24-17-13-15(7-10-18(17)27-4)23-19(25)11-12-28-16-8-5-14(22)6-9-16/h5-10,13H,11-12H2,1-4H3,(H,23,25)(H,24,26). The summed E-state index contributed by atoms with van der Waals surface area (Å²) in [5.74, 6) is 0.850. The fourth-order valence-electron chi connectivity index (χ4n) is 2.31. The average molecular weight is 421 g/mol. The van der Waals surface area contributed by atoms with Gasteiger partial charge in [-0.15, -0.1) is 0 Å². The third-order valence-electron chi connectivity index (χ3n) is 3.53. The maximum absolute atomic E-state index is 12.2. The fourth-order valence-corrected chi connectivity index (χ4v) is 2.44. The number of hydrogen-bond acceptors (Lipinski definition) is 5. The van der Waals surface area contributed by atoms with Crippen LogP contribution in [0, 0.1) is 0 Å². The average Bonchev–Trinajstić information content (AvgIpc) is 2.62. The van der Waals surface area contributed by atoms with Gasteiger partial charge >= 0.3 is 6.09 Å². The van der Waals surface area contributed by atoms with Crippen molar-refractivity contribution in [2.45, 2.75) is 32.8 Å². The molecule has 2 rings (SSSR count). The van der Waals surface area contributed by atoms with Crippen molar-refractivity contribution in [1.29, 1.82) is 0 Å². The lowest BCUT2D eigenvalue weighted by Crippen LogP contribution is -2.27. The molecule has 2 amide bonds. The van der Waals surface area contributed by atoms with Gasteiger partial charge in [0, 0.05) is 10.7 Å². The molecule has 0 aliphatic heterocycles. The topological polar surface area (TPSA) is 85.9 Å². The van der Waals surface area contributed by atoms with E-state index < -0.39 is 11.7 Å². The lowest BCUT2D eigenvalue weighted by atomic mass is 10.2. The van der Waals surface area contributed by atoms with Crippen molar-refractivity contribution in [2.24, 2.45) is 0 Å². The molecular weight excluding hydrogens is 396 g/mol. The van der Waals surface area contributed by atoms with Crippen LogP contribution in [-0.2, 0) is 9.53 Å². The van der Waals surface area contributed by atoms with E-state index in [1.165, 1.54) is 7.11 Å². The number of halogens is 1. The smallest absolute Gasteiger partial charge is 0.412 e. The van der Waals surface area contributed by atoms with Crippen molar-refractivity contribution in [1.82, 2.24) is 0 Å². The minimum Gasteiger partial charge on any atom is -0.495 e. The first-order valence-corrected chi connectivity index (χ1v) is 9.40. The Morgan fingerprint density at radius 3 is 2.34 bits per heavy atom. The summed E-state index contributed by atoms with van der Waals surface area (Å²) in [6, 6.07) is 11.8. The number of nitrogens with one attached hydrogen (secondary N) is 2. The van der Waals surface area contributed by atoms with Gasteiger partial charge in [0.15, 0.2) is 0 Å². The van der Waals surface area contributed by atoms with Crippen LogP contribution in [0.5, 0.6) is 11.5 Å². The highest BCUT2D eigenvalue weighted by Gasteiger charge is 2.18. The van der Waals surface area contributed by atoms with Crippen LogP contribution in [0.25, 0.3) is 0 Å². The Morgan fingerprint density at radius 1 is 1.03 bits per heavy atom. The Labute approximate surface area is 175 Å². The normalized spacial score (nSPS) is 10.8. The first-order chi connectivity index (χ1) is 13.7. The van der Waals surface area contributed by atoms with Crippen molar-refractivity contribution in [3.05, 3.63) is 47.5 Å². The zero-order valence-corrected chi connectivity index (χ0v) is 17.6. The maximum atomic E-state index is 12.2. The molecule has 0 bridgehead atoms. The van der Waals surface area contributed by atoms with Crippen molar-refractivity contribution in [3.63, 3.8) is 0 Å². The zero-order chi connectivity index (χ0) is 21.4. The molecule has 2 N–H and O–H groups in total. The minimum atomic E-state index is -0.632. The van der Waals surface area contributed by atoms with Gasteiger partial charge in [-0.3, -0.25) is 10.1 Å². The van der Waals surface area contributed by atoms with Crippen molar-refractivity contribution < 1.29 is 23.8 Å². The SMILES string of the molecule is COc1ccc(NC(=O)CCOc2ccc(Cl)cc2)cc1NC(=O)OC(C)(C)C. The molecule has 0 fully saturated rings. The number of rotatable bonds is 7. The van der Waals surface area contributed by atoms with Crippen LogP contribution in [-0.4, -0.2) is 31.3 Å². The molecule has 7 nitrogen and oxygen atoms in total. The molecule has 2 aromatic rings. The molecule has 0 saturated carbocycles. The van der Waals surface area contributed by atoms with Crippen molar-refractivity contribution in [2.75, 3.05) is 24.4 Å². The maximum Gasteiger partial charge on any atom is 0.412 e. The van der Waals surface area contributed by atoms with Crippen LogP contribution in [0.2, 0.25) is 5.02 Å². The van der Waals surface area contributed by atoms with E-state index in [0.29, 0.717) is 27.9 Å². The van der Waals surface area contributed by atoms with Gasteiger partial charge in [0.25, 0.3) is 0 Å². The third-order valence-corrected chi connectivity index (χ3v) is 3.78. The molecule has 0 saturated heterocycles. The van der Waals surface area contributed by atoms with Crippen LogP contribution in [0.15, 0.2) is 42.5 Å². The van der Waals surface area contributed by atoms with E-state index in [-0.39, 0.29) is 18.9 Å². The molecule has 2 aromatic carbocycles. The number of carbonyl (C=O) groups is 2. The fraction of sp³-hybridized carbons (Fsp3) is 0.333. The predicted molar refractivity (Wildman–Crippen MR) is 113 cm³/mol. The van der Waals surface area contributed by atoms with E-state index in [2.05, 4.69) is 10.6 Å². The molecular formula is C21H25ClN2O5. The van der Waals surface area contributed by atoms with Gasteiger partial charge in [0.05, 0.1) is 25.8 Å². The second kappa shape index (κ2) is 10.0. The molecule has 0 aliphatic rings. The summed E-state index contributed by atoms with van der Waals surface area (Å²) >= 11 is 5.82. The summed E-state index contributed by atoms with van der Waals surface area (Å²) in [5, 5.41) is 6.01. The Morgan fingerprint density at radius 2 is 1.72 bits per heavy atom. The lowest BCUT2D eigenvalue weighted by Gasteiger charge is -2.20. The molecule has 0 heterocycles. The van der Waals surface area contributed by atoms with Crippen LogP contribution < -0.4 is 20.1 Å². The molecule has 8 heteroatoms. The molecule has 0 atom stereocenters. The van der Waals surface area contributed by atoms with Gasteiger partial charge < -0.3 is 19.5 Å². The number of amides is 2. The summed E-state index contributed by atoms with van der Waals surface area (Å²) in [4.78, 5) is 24.2. The Kier molecular flexibility index (Phi) is 7.73. The Hall–Kier alpha value is -2.93. The molecule has 156 valence electrons. The second-order valence-corrected chi connectivity index (χ2v) is 7.58. The Bertz CT molecular complexity index is 847. The molecule has 0 unspecified atom stereocenters. The second-order valence-electron chi connectivity index (χ2n) is 7.14. The monoisotopic (exact) mass is 420 g/mol. The van der Waals surface area contributed by atoms with Crippen LogP contribution >= 0.6 is 11.6 Å². The largest absolute Gasteiger partial charge is 0.495 e. The minimum absolute atomic E-state index is 0.156. The van der Waals surface area contributed by atoms with E-state index in [1.807, 2.05) is 0 Å². The number of ether oxygens (including phenoxy) is 3. The van der Waals surface area contributed by atoms with E-state index in [0.717, 1.165) is 0 Å². The first kappa shape index (κ1) is 22.4. The van der Waals surface area contributed by atoms with Gasteiger partial charge in [-0.1, -0.05) is 11.6 Å². The summed E-state index contributed by atoms with van der Waals surface area (Å²) in [6.07, 6.45) is -0.459. The van der Waals surface area contributed by atoms with Crippen molar-refractivity contribution in [3.8, 4) is 11.5 Å². The molecule has 0 aliphatic carbocycles. The van der Waals surface area contributed by atoms with E-state index in [1.54, 1.807) is 63.2 Å². The number of anilines is 2. The highest BCUT2D eigenvalue weighted by Crippen LogP contribution is 2.28. The quantitative estimate of drug-likeness (QED) is 0.650. The third kappa shape index (κ3) is 7.91. The molecule has 0 spiro atoms. The van der Waals surface area contributed by atoms with Crippen molar-refractivity contribution >= 4 is 35.0 Å². The number of carbonyl (C=O) groups excluding carboxylic acids is 2. The zero-order valence-electron chi connectivity index (χ0n) is 16.9. The summed E-state index contributed by atoms with van der Waals surface area (Å²) < 4.78 is 16.0. The number of hydrogen-bond donors (Lipinski definition) is 2. The molecule has 29 heavy (non-hydrogen) atoms. The highest BCUT2D eigenvalue weighted by molar-refractivity contribution is 6.30. The van der Waals surface area contributed by atoms with Gasteiger partial charge in [-0.25, -0.2) is 4.79 Å². The van der Waals surface area contributed by atoms with Crippen LogP contribution in [0.4, 0.5) is 16.2 Å². The van der Waals surface area contributed by atoms with Gasteiger partial charge in [0.1, 0.15) is 17.1 Å².